The van der Waals surface area contributed by atoms with Crippen molar-refractivity contribution in [3.63, 3.8) is 0 Å². The fraction of sp³-hybridized carbons (Fsp3) is 0. The minimum atomic E-state index is -1.34. The van der Waals surface area contributed by atoms with Crippen LogP contribution in [0.15, 0.2) is 534 Å². The summed E-state index contributed by atoms with van der Waals surface area (Å²) < 4.78 is 4.41. The van der Waals surface area contributed by atoms with Crippen LogP contribution in [-0.4, -0.2) is 17.2 Å². The Kier molecular flexibility index (Phi) is 24.1. The summed E-state index contributed by atoms with van der Waals surface area (Å²) in [6, 6.07) is 187. The fourth-order valence-electron chi connectivity index (χ4n) is 22.4. The van der Waals surface area contributed by atoms with Gasteiger partial charge in [-0.1, -0.05) is 467 Å². The average Bonchev–Trinajstić information content (AvgIpc) is 0.723. The van der Waals surface area contributed by atoms with Gasteiger partial charge in [0.05, 0.1) is 0 Å². The second kappa shape index (κ2) is 38.7. The molecule has 145 heavy (non-hydrogen) atoms. The predicted octanol–water partition coefficient (Wildman–Crippen LogP) is 39.6. The first-order valence-electron chi connectivity index (χ1n) is 49.0. The average molecular weight is 2110 g/mol. The van der Waals surface area contributed by atoms with E-state index >= 15 is 0 Å². The molecular formula is C138H87BBr4O2. The lowest BCUT2D eigenvalue weighted by Crippen LogP contribution is -2.29. The maximum Gasteiger partial charge on any atom is 0.488 e. The summed E-state index contributed by atoms with van der Waals surface area (Å²) in [4.78, 5) is 0. The van der Waals surface area contributed by atoms with Crippen LogP contribution in [0.2, 0.25) is 0 Å². The van der Waals surface area contributed by atoms with Gasteiger partial charge in [0.25, 0.3) is 0 Å². The maximum atomic E-state index is 8.58. The monoisotopic (exact) mass is 2100 g/mol. The zero-order valence-electron chi connectivity index (χ0n) is 78.6. The molecule has 0 saturated heterocycles. The Morgan fingerprint density at radius 2 is 0.248 bits per heavy atom. The molecule has 27 rings (SSSR count). The van der Waals surface area contributed by atoms with E-state index in [0.29, 0.717) is 5.46 Å². The van der Waals surface area contributed by atoms with Gasteiger partial charge in [-0.15, -0.1) is 0 Å². The summed E-state index contributed by atoms with van der Waals surface area (Å²) >= 11 is 16.2. The van der Waals surface area contributed by atoms with E-state index in [2.05, 4.69) is 549 Å². The van der Waals surface area contributed by atoms with Crippen molar-refractivity contribution in [1.29, 1.82) is 0 Å². The summed E-state index contributed by atoms with van der Waals surface area (Å²) in [6.07, 6.45) is 0. The van der Waals surface area contributed by atoms with Gasteiger partial charge < -0.3 is 10.0 Å². The quantitative estimate of drug-likeness (QED) is 0.0892. The second-order valence-corrected chi connectivity index (χ2v) is 40.4. The zero-order chi connectivity index (χ0) is 97.3. The molecule has 27 aromatic rings. The molecule has 0 aliphatic rings. The van der Waals surface area contributed by atoms with Gasteiger partial charge in [0.2, 0.25) is 0 Å². The predicted molar refractivity (Wildman–Crippen MR) is 635 cm³/mol. The molecule has 2 nitrogen and oxygen atoms in total. The van der Waals surface area contributed by atoms with E-state index in [4.69, 9.17) is 10.0 Å². The lowest BCUT2D eigenvalue weighted by Gasteiger charge is -2.22. The Morgan fingerprint density at radius 3 is 0.441 bits per heavy atom. The molecule has 0 atom stereocenters. The van der Waals surface area contributed by atoms with Crippen molar-refractivity contribution in [1.82, 2.24) is 0 Å². The molecule has 0 aliphatic heterocycles. The summed E-state index contributed by atoms with van der Waals surface area (Å²) in [5.74, 6) is 0. The molecule has 682 valence electrons. The van der Waals surface area contributed by atoms with Crippen LogP contribution in [0.4, 0.5) is 0 Å². The largest absolute Gasteiger partial charge is 0.488 e. The fourth-order valence-corrected chi connectivity index (χ4v) is 25.1. The van der Waals surface area contributed by atoms with Gasteiger partial charge >= 0.3 is 7.12 Å². The molecule has 0 fully saturated rings. The third-order valence-electron chi connectivity index (χ3n) is 29.0. The summed E-state index contributed by atoms with van der Waals surface area (Å²) in [5.41, 5.74) is 29.7. The van der Waals surface area contributed by atoms with Crippen molar-refractivity contribution in [2.75, 3.05) is 0 Å². The molecule has 0 spiro atoms. The minimum Gasteiger partial charge on any atom is -0.423 e. The van der Waals surface area contributed by atoms with Crippen molar-refractivity contribution in [3.05, 3.63) is 534 Å². The number of halogens is 4. The van der Waals surface area contributed by atoms with Crippen LogP contribution < -0.4 is 5.46 Å². The van der Waals surface area contributed by atoms with E-state index in [9.17, 15) is 0 Å². The molecule has 0 bridgehead atoms. The smallest absolute Gasteiger partial charge is 0.423 e. The standard InChI is InChI=1S/C78H50.C54H30Br4.C6H7BO2/c1-7-23-51(24-8-1)57-39-43-65-69(47-57)73(53-27-11-3-12-28-53)67-45-41-59(49-71(67)75(65)55-31-15-5-16-32-55)77-61-35-19-21-37-63(61)78(64-38-22-20-36-62(64)77)60-42-46-68-72(50-60)76(56-33-17-6-18-34-56)66-44-40-58(52-25-9-2-10-26-52)48-70(66)74(68)54-29-13-4-14-30-54;55-51-43-25-21-35(29-47(43)53(57)41-23-19-33(27-45(41)51)31-11-3-1-4-12-31)49-37-15-7-9-17-39(37)50(40-18-10-8-16-38(40)49)36-22-26-44-48(30-36)54(58)42-24-20-34(28-46(42)52(44)56)32-13-5-2-6-14-32;8-7(9)6-4-2-1-3-5-6/h1-50H;1-30H;1-5,8-9H. The third-order valence-corrected chi connectivity index (χ3v) is 32.4. The first-order chi connectivity index (χ1) is 71.5. The summed E-state index contributed by atoms with van der Waals surface area (Å²) in [7, 11) is -1.34. The van der Waals surface area contributed by atoms with Crippen LogP contribution in [-0.2, 0) is 0 Å². The normalized spacial score (nSPS) is 11.5. The molecule has 0 aliphatic carbocycles. The summed E-state index contributed by atoms with van der Waals surface area (Å²) in [5, 5.41) is 46.3. The first kappa shape index (κ1) is 90.3. The molecule has 7 heteroatoms. The van der Waals surface area contributed by atoms with Gasteiger partial charge in [-0.25, -0.2) is 0 Å². The lowest BCUT2D eigenvalue weighted by atomic mass is 9.81. The molecule has 0 saturated carbocycles. The second-order valence-electron chi connectivity index (χ2n) is 37.2. The Morgan fingerprint density at radius 1 is 0.110 bits per heavy atom. The van der Waals surface area contributed by atoms with Crippen LogP contribution in [0.1, 0.15) is 0 Å². The minimum absolute atomic E-state index is 0.525. The molecule has 0 aromatic heterocycles. The Bertz CT molecular complexity index is 9130. The highest BCUT2D eigenvalue weighted by Gasteiger charge is 2.28. The van der Waals surface area contributed by atoms with Gasteiger partial charge in [0, 0.05) is 17.9 Å². The van der Waals surface area contributed by atoms with Crippen LogP contribution in [0.3, 0.4) is 0 Å². The summed E-state index contributed by atoms with van der Waals surface area (Å²) in [6.45, 7) is 0. The van der Waals surface area contributed by atoms with Crippen LogP contribution in [0, 0.1) is 0 Å². The van der Waals surface area contributed by atoms with E-state index in [1.165, 1.54) is 263 Å². The van der Waals surface area contributed by atoms with E-state index < -0.39 is 7.12 Å². The molecule has 27 aromatic carbocycles. The SMILES string of the molecule is Brc1c2ccc(-c3c4ccccc4c(-c4ccc5c(Br)c6cc(-c7ccccc7)ccc6c(Br)c5c4)c4ccccc34)cc2c(Br)c2ccc(-c3ccccc3)cc12.OB(O)c1ccccc1.c1ccc(-c2ccc3c(-c4ccccc4)c4cc(-c5c6ccccc6c(-c6ccc7c(-c8ccccc8)c8cc(-c9ccccc9)ccc8c(-c8ccccc8)c7c6)c6ccccc56)ccc4c(-c4ccccc4)c3c2)cc1. The van der Waals surface area contributed by atoms with Crippen molar-refractivity contribution >= 4 is 206 Å². The molecular weight excluding hydrogens is 2020 g/mol. The number of benzene rings is 27. The van der Waals surface area contributed by atoms with Crippen molar-refractivity contribution < 1.29 is 10.0 Å². The van der Waals surface area contributed by atoms with Crippen molar-refractivity contribution in [2.45, 2.75) is 0 Å². The highest BCUT2D eigenvalue weighted by Crippen LogP contribution is 2.55. The Labute approximate surface area is 874 Å². The van der Waals surface area contributed by atoms with Gasteiger partial charge in [-0.2, -0.15) is 0 Å². The van der Waals surface area contributed by atoms with Gasteiger partial charge in [0.15, 0.2) is 0 Å². The lowest BCUT2D eigenvalue weighted by molar-refractivity contribution is 0.426. The van der Waals surface area contributed by atoms with Crippen LogP contribution in [0.25, 0.3) is 263 Å². The molecule has 0 heterocycles. The highest BCUT2D eigenvalue weighted by atomic mass is 79.9. The number of fused-ring (bicyclic) bond motifs is 12. The van der Waals surface area contributed by atoms with E-state index in [-0.39, 0.29) is 0 Å². The van der Waals surface area contributed by atoms with Crippen LogP contribution >= 0.6 is 63.7 Å². The molecule has 2 N–H and O–H groups in total. The van der Waals surface area contributed by atoms with Crippen LogP contribution in [0.5, 0.6) is 0 Å². The number of rotatable bonds is 13. The molecule has 0 unspecified atom stereocenters. The van der Waals surface area contributed by atoms with Gasteiger partial charge in [-0.3, -0.25) is 0 Å². The molecule has 0 radical (unpaired) electrons. The topological polar surface area (TPSA) is 40.5 Å². The first-order valence-corrected chi connectivity index (χ1v) is 52.1. The number of hydrogen-bond donors (Lipinski definition) is 2. The van der Waals surface area contributed by atoms with Crippen molar-refractivity contribution in [3.8, 4) is 134 Å². The van der Waals surface area contributed by atoms with E-state index in [0.717, 1.165) is 17.9 Å². The highest BCUT2D eigenvalue weighted by molar-refractivity contribution is 9.11. The van der Waals surface area contributed by atoms with E-state index in [1.807, 2.05) is 6.07 Å². The van der Waals surface area contributed by atoms with Crippen molar-refractivity contribution in [2.24, 2.45) is 0 Å². The Hall–Kier alpha value is -16.0. The maximum absolute atomic E-state index is 8.58. The van der Waals surface area contributed by atoms with E-state index in [1.54, 1.807) is 24.3 Å². The number of hydrogen-bond acceptors (Lipinski definition) is 2. The third kappa shape index (κ3) is 16.4. The van der Waals surface area contributed by atoms with Gasteiger partial charge in [-0.05, 0) is 381 Å². The molecule has 0 amide bonds. The zero-order valence-corrected chi connectivity index (χ0v) is 84.9. The van der Waals surface area contributed by atoms with Gasteiger partial charge in [0.1, 0.15) is 0 Å². The Balaban J connectivity index is 0.000000144.